The summed E-state index contributed by atoms with van der Waals surface area (Å²) in [5.74, 6) is 2.41. The van der Waals surface area contributed by atoms with Gasteiger partial charge in [-0.15, -0.1) is 0 Å². The van der Waals surface area contributed by atoms with Gasteiger partial charge in [-0.05, 0) is 56.9 Å². The van der Waals surface area contributed by atoms with Crippen molar-refractivity contribution >= 4 is 5.82 Å². The van der Waals surface area contributed by atoms with Crippen LogP contribution in [0.5, 0.6) is 0 Å². The zero-order valence-electron chi connectivity index (χ0n) is 18.7. The molecule has 1 atom stereocenters. The van der Waals surface area contributed by atoms with Crippen LogP contribution in [0.25, 0.3) is 11.5 Å². The maximum absolute atomic E-state index is 13.4. The van der Waals surface area contributed by atoms with Gasteiger partial charge in [-0.2, -0.15) is 0 Å². The number of imidazole rings is 1. The quantitative estimate of drug-likeness (QED) is 0.645. The van der Waals surface area contributed by atoms with Crippen molar-refractivity contribution in [2.75, 3.05) is 5.32 Å². The van der Waals surface area contributed by atoms with Gasteiger partial charge in [0.2, 0.25) is 0 Å². The third-order valence-corrected chi connectivity index (χ3v) is 8.05. The lowest BCUT2D eigenvalue weighted by Crippen LogP contribution is -2.48. The molecule has 0 amide bonds. The van der Waals surface area contributed by atoms with Gasteiger partial charge in [-0.3, -0.25) is 9.13 Å². The van der Waals surface area contributed by atoms with Crippen LogP contribution in [0.4, 0.5) is 5.82 Å². The first-order valence-electron chi connectivity index (χ1n) is 12.0. The lowest BCUT2D eigenvalue weighted by atomic mass is 9.58. The summed E-state index contributed by atoms with van der Waals surface area (Å²) in [4.78, 5) is 23.5. The summed E-state index contributed by atoms with van der Waals surface area (Å²) in [5, 5.41) is 14.3. The Kier molecular flexibility index (Phi) is 4.47. The number of hydrogen-bond donors (Lipinski definition) is 2. The van der Waals surface area contributed by atoms with Gasteiger partial charge in [0.15, 0.2) is 5.82 Å². The molecule has 3 aliphatic heterocycles. The lowest BCUT2D eigenvalue weighted by molar-refractivity contribution is -0.0677. The molecule has 7 heteroatoms. The van der Waals surface area contributed by atoms with Crippen molar-refractivity contribution < 1.29 is 5.11 Å². The summed E-state index contributed by atoms with van der Waals surface area (Å²) < 4.78 is 3.68. The number of nitrogens with zero attached hydrogens (tertiary/aromatic N) is 4. The molecule has 0 unspecified atom stereocenters. The molecule has 32 heavy (non-hydrogen) atoms. The van der Waals surface area contributed by atoms with Gasteiger partial charge >= 0.3 is 5.69 Å². The smallest absolute Gasteiger partial charge is 0.331 e. The molecule has 0 spiro atoms. The molecule has 2 bridgehead atoms. The fourth-order valence-corrected chi connectivity index (χ4v) is 6.09. The average molecular weight is 434 g/mol. The van der Waals surface area contributed by atoms with E-state index in [1.54, 1.807) is 0 Å². The Bertz CT molecular complexity index is 1160. The topological polar surface area (TPSA) is 85.0 Å². The van der Waals surface area contributed by atoms with Crippen LogP contribution in [0.15, 0.2) is 35.1 Å². The first kappa shape index (κ1) is 20.0. The minimum Gasteiger partial charge on any atom is -0.390 e. The van der Waals surface area contributed by atoms with E-state index < -0.39 is 5.60 Å². The Morgan fingerprint density at radius 1 is 1.09 bits per heavy atom. The highest BCUT2D eigenvalue weighted by Crippen LogP contribution is 2.53. The van der Waals surface area contributed by atoms with Gasteiger partial charge in [0, 0.05) is 24.5 Å². The Balaban J connectivity index is 1.41. The molecule has 1 aromatic rings. The molecule has 0 radical (unpaired) electrons. The van der Waals surface area contributed by atoms with Gasteiger partial charge < -0.3 is 10.4 Å². The third kappa shape index (κ3) is 3.01. The first-order valence-corrected chi connectivity index (χ1v) is 12.0. The van der Waals surface area contributed by atoms with Crippen LogP contribution >= 0.6 is 0 Å². The van der Waals surface area contributed by atoms with Gasteiger partial charge in [0.25, 0.3) is 0 Å². The number of nitrogens with one attached hydrogen (secondary N) is 1. The van der Waals surface area contributed by atoms with Crippen molar-refractivity contribution in [1.82, 2.24) is 19.1 Å². The second-order valence-electron chi connectivity index (χ2n) is 10.1. The molecular formula is C25H31N5O2. The molecule has 3 heterocycles. The molecule has 3 fully saturated rings. The lowest BCUT2D eigenvalue weighted by Gasteiger charge is -2.49. The van der Waals surface area contributed by atoms with Gasteiger partial charge in [-0.1, -0.05) is 37.3 Å². The molecular weight excluding hydrogens is 402 g/mol. The van der Waals surface area contributed by atoms with Crippen molar-refractivity contribution in [3.8, 4) is 11.5 Å². The predicted octanol–water partition coefficient (Wildman–Crippen LogP) is 3.33. The minimum absolute atomic E-state index is 0.00280. The van der Waals surface area contributed by atoms with E-state index in [0.717, 1.165) is 68.7 Å². The standard InChI is InChI=1S/C25H31N5O2/c1-2-14-29-21-19(27-22(28-21)24-8-11-25(32,12-9-24)13-10-24)20-26-18(16-30(20)23(29)31)15-17-6-4-3-5-7-17/h3-7,18,26,32H,2,8-16H2,1H3/t18-,24?,25?/m1/s1. The largest absolute Gasteiger partial charge is 0.390 e. The molecule has 0 aromatic heterocycles. The monoisotopic (exact) mass is 433 g/mol. The molecule has 3 saturated carbocycles. The van der Waals surface area contributed by atoms with E-state index in [1.165, 1.54) is 5.56 Å². The Hall–Kier alpha value is -2.67. The van der Waals surface area contributed by atoms with Crippen LogP contribution in [0.2, 0.25) is 0 Å². The van der Waals surface area contributed by atoms with Gasteiger partial charge in [-0.25, -0.2) is 14.8 Å². The van der Waals surface area contributed by atoms with Crippen molar-refractivity contribution in [3.05, 3.63) is 52.2 Å². The number of aliphatic hydroxyl groups is 1. The predicted molar refractivity (Wildman–Crippen MR) is 123 cm³/mol. The van der Waals surface area contributed by atoms with E-state index in [9.17, 15) is 9.90 Å². The average Bonchev–Trinajstić information content (AvgIpc) is 3.43. The maximum atomic E-state index is 13.4. The zero-order chi connectivity index (χ0) is 21.9. The van der Waals surface area contributed by atoms with Crippen molar-refractivity contribution in [3.63, 3.8) is 0 Å². The fraction of sp³-hybridized carbons (Fsp3) is 0.560. The second kappa shape index (κ2) is 7.17. The number of aromatic nitrogens is 4. The molecule has 1 aromatic carbocycles. The van der Waals surface area contributed by atoms with Crippen molar-refractivity contribution in [2.24, 2.45) is 0 Å². The van der Waals surface area contributed by atoms with Crippen LogP contribution in [0, 0.1) is 0 Å². The van der Waals surface area contributed by atoms with E-state index in [0.29, 0.717) is 18.9 Å². The van der Waals surface area contributed by atoms with E-state index in [4.69, 9.17) is 9.97 Å². The highest BCUT2D eigenvalue weighted by atomic mass is 16.3. The molecule has 7 nitrogen and oxygen atoms in total. The van der Waals surface area contributed by atoms with Crippen LogP contribution < -0.4 is 11.0 Å². The summed E-state index contributed by atoms with van der Waals surface area (Å²) in [5.41, 5.74) is 1.54. The number of fused-ring (bicyclic) bond motifs is 6. The van der Waals surface area contributed by atoms with Crippen molar-refractivity contribution in [1.29, 1.82) is 0 Å². The van der Waals surface area contributed by atoms with Crippen LogP contribution in [0.3, 0.4) is 0 Å². The summed E-state index contributed by atoms with van der Waals surface area (Å²) in [6, 6.07) is 10.6. The number of rotatable bonds is 5. The highest BCUT2D eigenvalue weighted by molar-refractivity contribution is 5.70. The van der Waals surface area contributed by atoms with E-state index in [2.05, 4.69) is 36.5 Å². The molecule has 0 saturated heterocycles. The van der Waals surface area contributed by atoms with E-state index in [-0.39, 0.29) is 17.1 Å². The Morgan fingerprint density at radius 2 is 1.81 bits per heavy atom. The SMILES string of the molecule is CCCn1c2nc(C34CCC(O)(CC3)CC4)nc-2c2n(c1=O)C[C@@H](Cc1ccccc1)N2. The van der Waals surface area contributed by atoms with Crippen LogP contribution in [-0.4, -0.2) is 35.9 Å². The minimum atomic E-state index is -0.485. The first-order chi connectivity index (χ1) is 15.5. The number of benzene rings is 1. The Morgan fingerprint density at radius 3 is 2.50 bits per heavy atom. The third-order valence-electron chi connectivity index (χ3n) is 8.05. The molecule has 7 rings (SSSR count). The number of anilines is 1. The van der Waals surface area contributed by atoms with Gasteiger partial charge in [0.05, 0.1) is 5.60 Å². The van der Waals surface area contributed by atoms with E-state index in [1.807, 2.05) is 15.2 Å². The summed E-state index contributed by atoms with van der Waals surface area (Å²) in [7, 11) is 0. The second-order valence-corrected chi connectivity index (χ2v) is 10.1. The normalized spacial score (nSPS) is 28.8. The summed E-state index contributed by atoms with van der Waals surface area (Å²) in [6.45, 7) is 3.37. The molecule has 6 aliphatic rings. The van der Waals surface area contributed by atoms with Crippen LogP contribution in [0.1, 0.15) is 63.3 Å². The summed E-state index contributed by atoms with van der Waals surface area (Å²) in [6.07, 6.45) is 6.99. The fourth-order valence-electron chi connectivity index (χ4n) is 6.09. The molecule has 2 N–H and O–H groups in total. The zero-order valence-corrected chi connectivity index (χ0v) is 18.7. The highest BCUT2D eigenvalue weighted by Gasteiger charge is 2.51. The van der Waals surface area contributed by atoms with E-state index >= 15 is 0 Å². The maximum Gasteiger partial charge on any atom is 0.331 e. The van der Waals surface area contributed by atoms with Crippen molar-refractivity contribution in [2.45, 2.75) is 88.4 Å². The summed E-state index contributed by atoms with van der Waals surface area (Å²) >= 11 is 0. The molecule has 168 valence electrons. The Labute approximate surface area is 187 Å². The molecule has 3 aliphatic carbocycles. The van der Waals surface area contributed by atoms with Gasteiger partial charge in [0.1, 0.15) is 17.3 Å². The number of hydrogen-bond acceptors (Lipinski definition) is 5. The van der Waals surface area contributed by atoms with Crippen LogP contribution in [-0.2, 0) is 24.9 Å².